The second kappa shape index (κ2) is 9.39. The molecule has 2 aliphatic heterocycles. The van der Waals surface area contributed by atoms with Gasteiger partial charge in [0.2, 0.25) is 0 Å². The summed E-state index contributed by atoms with van der Waals surface area (Å²) in [5.74, 6) is -0.210. The van der Waals surface area contributed by atoms with E-state index >= 15 is 0 Å². The fourth-order valence-corrected chi connectivity index (χ4v) is 4.43. The molecular formula is C24H26FNO4. The van der Waals surface area contributed by atoms with Crippen molar-refractivity contribution in [2.45, 2.75) is 44.4 Å². The quantitative estimate of drug-likeness (QED) is 0.717. The van der Waals surface area contributed by atoms with Crippen molar-refractivity contribution >= 4 is 11.9 Å². The SMILES string of the molecule is O=C(CCc1cccc(F)c1)C1CC2COCC(C1)N2C(=O)OCc1ccccc1. The van der Waals surface area contributed by atoms with E-state index in [4.69, 9.17) is 9.47 Å². The standard InChI is InChI=1S/C24H26FNO4/c25-20-8-4-7-17(11-20)9-10-23(27)19-12-21-15-29-16-22(13-19)26(21)24(28)30-14-18-5-2-1-3-6-18/h1-8,11,19,21-22H,9-10,12-16H2. The number of Topliss-reactive ketones (excluding diaryl/α,β-unsaturated/α-hetero) is 1. The highest BCUT2D eigenvalue weighted by Crippen LogP contribution is 2.33. The molecule has 30 heavy (non-hydrogen) atoms. The molecule has 5 nitrogen and oxygen atoms in total. The smallest absolute Gasteiger partial charge is 0.410 e. The Bertz CT molecular complexity index is 874. The Labute approximate surface area is 175 Å². The number of benzene rings is 2. The van der Waals surface area contributed by atoms with Gasteiger partial charge in [0.25, 0.3) is 0 Å². The number of carbonyl (C=O) groups excluding carboxylic acids is 2. The number of morpholine rings is 1. The van der Waals surface area contributed by atoms with Crippen molar-refractivity contribution in [2.75, 3.05) is 13.2 Å². The number of hydrogen-bond donors (Lipinski definition) is 0. The number of amides is 1. The van der Waals surface area contributed by atoms with Crippen molar-refractivity contribution in [3.63, 3.8) is 0 Å². The second-order valence-corrected chi connectivity index (χ2v) is 8.06. The number of halogens is 1. The van der Waals surface area contributed by atoms with Crippen molar-refractivity contribution in [2.24, 2.45) is 5.92 Å². The van der Waals surface area contributed by atoms with Crippen LogP contribution in [0.1, 0.15) is 30.4 Å². The van der Waals surface area contributed by atoms with E-state index in [1.165, 1.54) is 12.1 Å². The van der Waals surface area contributed by atoms with E-state index in [9.17, 15) is 14.0 Å². The molecule has 0 N–H and O–H groups in total. The predicted molar refractivity (Wildman–Crippen MR) is 109 cm³/mol. The maximum atomic E-state index is 13.3. The van der Waals surface area contributed by atoms with Crippen LogP contribution < -0.4 is 0 Å². The number of fused-ring (bicyclic) bond motifs is 2. The first-order valence-corrected chi connectivity index (χ1v) is 10.4. The zero-order valence-corrected chi connectivity index (χ0v) is 16.8. The predicted octanol–water partition coefficient (Wildman–Crippen LogP) is 4.14. The zero-order valence-electron chi connectivity index (χ0n) is 16.8. The molecule has 2 unspecified atom stereocenters. The lowest BCUT2D eigenvalue weighted by Crippen LogP contribution is -2.59. The Balaban J connectivity index is 1.33. The van der Waals surface area contributed by atoms with Gasteiger partial charge in [-0.3, -0.25) is 9.69 Å². The summed E-state index contributed by atoms with van der Waals surface area (Å²) in [5.41, 5.74) is 1.77. The normalized spacial score (nSPS) is 23.1. The van der Waals surface area contributed by atoms with Gasteiger partial charge in [-0.1, -0.05) is 42.5 Å². The van der Waals surface area contributed by atoms with E-state index in [2.05, 4.69) is 0 Å². The number of ether oxygens (including phenoxy) is 2. The highest BCUT2D eigenvalue weighted by atomic mass is 19.1. The number of ketones is 1. The Morgan fingerprint density at radius 1 is 1.00 bits per heavy atom. The fourth-order valence-electron chi connectivity index (χ4n) is 4.43. The van der Waals surface area contributed by atoms with Crippen LogP contribution in [0.15, 0.2) is 54.6 Å². The van der Waals surface area contributed by atoms with E-state index in [-0.39, 0.29) is 42.3 Å². The molecule has 0 spiro atoms. The van der Waals surface area contributed by atoms with Crippen LogP contribution in [0.3, 0.4) is 0 Å². The van der Waals surface area contributed by atoms with Gasteiger partial charge in [-0.25, -0.2) is 9.18 Å². The molecule has 0 aliphatic carbocycles. The van der Waals surface area contributed by atoms with Gasteiger partial charge in [-0.2, -0.15) is 0 Å². The van der Waals surface area contributed by atoms with Gasteiger partial charge < -0.3 is 9.47 Å². The van der Waals surface area contributed by atoms with Gasteiger partial charge in [0.1, 0.15) is 18.2 Å². The van der Waals surface area contributed by atoms with E-state index in [0.29, 0.717) is 38.9 Å². The minimum atomic E-state index is -0.345. The summed E-state index contributed by atoms with van der Waals surface area (Å²) in [6, 6.07) is 15.7. The summed E-state index contributed by atoms with van der Waals surface area (Å²) in [4.78, 5) is 27.3. The van der Waals surface area contributed by atoms with Crippen molar-refractivity contribution in [3.05, 3.63) is 71.5 Å². The first kappa shape index (κ1) is 20.5. The van der Waals surface area contributed by atoms with E-state index < -0.39 is 0 Å². The first-order valence-electron chi connectivity index (χ1n) is 10.4. The van der Waals surface area contributed by atoms with Crippen LogP contribution in [0.5, 0.6) is 0 Å². The molecule has 1 amide bonds. The minimum Gasteiger partial charge on any atom is -0.445 e. The second-order valence-electron chi connectivity index (χ2n) is 8.06. The first-order chi connectivity index (χ1) is 14.6. The fraction of sp³-hybridized carbons (Fsp3) is 0.417. The number of hydrogen-bond acceptors (Lipinski definition) is 4. The molecule has 2 saturated heterocycles. The highest BCUT2D eigenvalue weighted by molar-refractivity contribution is 5.82. The Hall–Kier alpha value is -2.73. The van der Waals surface area contributed by atoms with Crippen molar-refractivity contribution in [3.8, 4) is 0 Å². The van der Waals surface area contributed by atoms with E-state index in [0.717, 1.165) is 11.1 Å². The Morgan fingerprint density at radius 3 is 2.40 bits per heavy atom. The van der Waals surface area contributed by atoms with Crippen molar-refractivity contribution in [1.29, 1.82) is 0 Å². The molecule has 2 bridgehead atoms. The van der Waals surface area contributed by atoms with Crippen LogP contribution in [0, 0.1) is 11.7 Å². The number of rotatable bonds is 6. The third kappa shape index (κ3) is 4.87. The van der Waals surface area contributed by atoms with Crippen LogP contribution in [0.25, 0.3) is 0 Å². The molecule has 2 aromatic rings. The number of aryl methyl sites for hydroxylation is 1. The number of carbonyl (C=O) groups is 2. The van der Waals surface area contributed by atoms with Gasteiger partial charge in [0.05, 0.1) is 25.3 Å². The summed E-state index contributed by atoms with van der Waals surface area (Å²) < 4.78 is 24.5. The van der Waals surface area contributed by atoms with Gasteiger partial charge in [-0.15, -0.1) is 0 Å². The molecule has 2 atom stereocenters. The molecule has 2 heterocycles. The summed E-state index contributed by atoms with van der Waals surface area (Å²) in [6.45, 7) is 1.07. The topological polar surface area (TPSA) is 55.8 Å². The average Bonchev–Trinajstić information content (AvgIpc) is 2.75. The molecule has 0 radical (unpaired) electrons. The molecule has 0 aromatic heterocycles. The minimum absolute atomic E-state index is 0.101. The van der Waals surface area contributed by atoms with Crippen molar-refractivity contribution < 1.29 is 23.5 Å². The van der Waals surface area contributed by atoms with Crippen LogP contribution >= 0.6 is 0 Å². The Kier molecular flexibility index (Phi) is 6.43. The molecule has 2 fully saturated rings. The number of nitrogens with zero attached hydrogens (tertiary/aromatic N) is 1. The van der Waals surface area contributed by atoms with Crippen LogP contribution in [-0.2, 0) is 27.3 Å². The van der Waals surface area contributed by atoms with Gasteiger partial charge in [-0.05, 0) is 42.5 Å². The zero-order chi connectivity index (χ0) is 20.9. The summed E-state index contributed by atoms with van der Waals surface area (Å²) in [6.07, 6.45) is 1.73. The van der Waals surface area contributed by atoms with Crippen molar-refractivity contribution in [1.82, 2.24) is 4.90 Å². The summed E-state index contributed by atoms with van der Waals surface area (Å²) >= 11 is 0. The molecule has 2 aliphatic rings. The maximum Gasteiger partial charge on any atom is 0.410 e. The molecule has 0 saturated carbocycles. The van der Waals surface area contributed by atoms with Crippen LogP contribution in [0.4, 0.5) is 9.18 Å². The number of piperidine rings is 1. The lowest BCUT2D eigenvalue weighted by molar-refractivity contribution is -0.131. The van der Waals surface area contributed by atoms with Gasteiger partial charge in [0.15, 0.2) is 0 Å². The third-order valence-electron chi connectivity index (χ3n) is 5.94. The lowest BCUT2D eigenvalue weighted by Gasteiger charge is -2.47. The molecule has 2 aromatic carbocycles. The highest BCUT2D eigenvalue weighted by Gasteiger charge is 2.44. The monoisotopic (exact) mass is 411 g/mol. The van der Waals surface area contributed by atoms with Gasteiger partial charge in [0, 0.05) is 12.3 Å². The van der Waals surface area contributed by atoms with E-state index in [1.54, 1.807) is 11.0 Å². The third-order valence-corrected chi connectivity index (χ3v) is 5.94. The van der Waals surface area contributed by atoms with E-state index in [1.807, 2.05) is 36.4 Å². The molecule has 158 valence electrons. The summed E-state index contributed by atoms with van der Waals surface area (Å²) in [7, 11) is 0. The average molecular weight is 411 g/mol. The molecule has 4 rings (SSSR count). The maximum absolute atomic E-state index is 13.3. The molecule has 6 heteroatoms. The molecular weight excluding hydrogens is 385 g/mol. The van der Waals surface area contributed by atoms with Crippen LogP contribution in [0.2, 0.25) is 0 Å². The Morgan fingerprint density at radius 2 is 1.70 bits per heavy atom. The summed E-state index contributed by atoms with van der Waals surface area (Å²) in [5, 5.41) is 0. The van der Waals surface area contributed by atoms with Crippen LogP contribution in [-0.4, -0.2) is 42.1 Å². The van der Waals surface area contributed by atoms with Gasteiger partial charge >= 0.3 is 6.09 Å². The lowest BCUT2D eigenvalue weighted by atomic mass is 9.81. The largest absolute Gasteiger partial charge is 0.445 e.